The van der Waals surface area contributed by atoms with Crippen molar-refractivity contribution in [2.75, 3.05) is 12.4 Å². The Labute approximate surface area is 130 Å². The van der Waals surface area contributed by atoms with Gasteiger partial charge in [0, 0.05) is 19.1 Å². The van der Waals surface area contributed by atoms with Gasteiger partial charge in [-0.15, -0.1) is 0 Å². The van der Waals surface area contributed by atoms with E-state index in [4.69, 9.17) is 4.74 Å². The summed E-state index contributed by atoms with van der Waals surface area (Å²) in [5, 5.41) is 0. The van der Waals surface area contributed by atoms with Gasteiger partial charge in [0.1, 0.15) is 0 Å². The minimum Gasteiger partial charge on any atom is -0.376 e. The highest BCUT2D eigenvalue weighted by molar-refractivity contribution is 7.91. The topological polar surface area (TPSA) is 43.4 Å². The predicted octanol–water partition coefficient (Wildman–Crippen LogP) is 3.78. The molecule has 0 saturated carbocycles. The number of halogens is 2. The van der Waals surface area contributed by atoms with E-state index in [0.717, 1.165) is 6.92 Å². The van der Waals surface area contributed by atoms with Crippen LogP contribution in [0.5, 0.6) is 0 Å². The molecule has 1 heterocycles. The maximum atomic E-state index is 13.7. The van der Waals surface area contributed by atoms with E-state index >= 15 is 0 Å². The minimum atomic E-state index is -3.76. The Kier molecular flexibility index (Phi) is 4.64. The third-order valence-corrected chi connectivity index (χ3v) is 5.89. The van der Waals surface area contributed by atoms with Gasteiger partial charge < -0.3 is 4.74 Å². The first-order chi connectivity index (χ1) is 10.0. The van der Waals surface area contributed by atoms with E-state index in [-0.39, 0.29) is 22.2 Å². The first-order valence-corrected chi connectivity index (χ1v) is 9.00. The summed E-state index contributed by atoms with van der Waals surface area (Å²) in [6.45, 7) is 5.05. The van der Waals surface area contributed by atoms with Crippen molar-refractivity contribution in [2.45, 2.75) is 50.0 Å². The van der Waals surface area contributed by atoms with Crippen LogP contribution < -0.4 is 0 Å². The van der Waals surface area contributed by atoms with Crippen molar-refractivity contribution in [1.82, 2.24) is 0 Å². The monoisotopic (exact) mass is 332 g/mol. The molecule has 1 fully saturated rings. The van der Waals surface area contributed by atoms with Gasteiger partial charge in [-0.3, -0.25) is 0 Å². The van der Waals surface area contributed by atoms with Gasteiger partial charge in [0.25, 0.3) is 5.92 Å². The van der Waals surface area contributed by atoms with Crippen molar-refractivity contribution in [3.8, 4) is 0 Å². The van der Waals surface area contributed by atoms with Gasteiger partial charge in [-0.1, -0.05) is 18.2 Å². The van der Waals surface area contributed by atoms with Gasteiger partial charge >= 0.3 is 0 Å². The molecule has 1 atom stereocenters. The molecule has 1 aliphatic heterocycles. The third-order valence-electron chi connectivity index (χ3n) is 3.95. The second-order valence-electron chi connectivity index (χ2n) is 6.63. The van der Waals surface area contributed by atoms with Crippen LogP contribution in [-0.2, 0) is 20.5 Å². The molecule has 0 bridgehead atoms. The molecule has 1 aromatic carbocycles. The summed E-state index contributed by atoms with van der Waals surface area (Å²) in [5.41, 5.74) is -0.798. The number of hydrogen-bond acceptors (Lipinski definition) is 3. The Hall–Kier alpha value is -1.01. The first kappa shape index (κ1) is 17.3. The molecule has 124 valence electrons. The lowest BCUT2D eigenvalue weighted by molar-refractivity contribution is -0.0685. The van der Waals surface area contributed by atoms with Crippen LogP contribution in [-0.4, -0.2) is 26.4 Å². The smallest absolute Gasteiger partial charge is 0.271 e. The van der Waals surface area contributed by atoms with Gasteiger partial charge in [0.15, 0.2) is 9.84 Å². The molecule has 1 unspecified atom stereocenters. The molecule has 2 rings (SSSR count). The van der Waals surface area contributed by atoms with E-state index < -0.39 is 21.3 Å². The summed E-state index contributed by atoms with van der Waals surface area (Å²) in [7, 11) is -3.76. The van der Waals surface area contributed by atoms with Crippen LogP contribution in [0, 0.1) is 5.92 Å². The van der Waals surface area contributed by atoms with Crippen molar-refractivity contribution in [3.05, 3.63) is 29.8 Å². The summed E-state index contributed by atoms with van der Waals surface area (Å²) in [6, 6.07) is 5.37. The zero-order valence-corrected chi connectivity index (χ0v) is 13.9. The summed E-state index contributed by atoms with van der Waals surface area (Å²) in [4.78, 5) is -0.258. The Balaban J connectivity index is 2.28. The molecule has 1 saturated heterocycles. The van der Waals surface area contributed by atoms with Gasteiger partial charge in [-0.25, -0.2) is 17.2 Å². The highest BCUT2D eigenvalue weighted by Gasteiger charge is 2.36. The third kappa shape index (κ3) is 4.04. The van der Waals surface area contributed by atoms with Gasteiger partial charge in [0.2, 0.25) is 0 Å². The summed E-state index contributed by atoms with van der Waals surface area (Å²) in [6.07, 6.45) is 1.24. The fourth-order valence-electron chi connectivity index (χ4n) is 3.00. The number of alkyl halides is 2. The number of benzene rings is 1. The summed E-state index contributed by atoms with van der Waals surface area (Å²) >= 11 is 0. The molecular formula is C16H22F2O3S. The number of sulfone groups is 1. The highest BCUT2D eigenvalue weighted by atomic mass is 32.2. The van der Waals surface area contributed by atoms with Crippen molar-refractivity contribution in [2.24, 2.45) is 5.92 Å². The van der Waals surface area contributed by atoms with Crippen molar-refractivity contribution >= 4 is 9.84 Å². The number of ether oxygens (including phenoxy) is 1. The average molecular weight is 332 g/mol. The van der Waals surface area contributed by atoms with Gasteiger partial charge in [-0.2, -0.15) is 0 Å². The standard InChI is InChI=1S/C16H22F2O3S/c1-15(2)10-12(8-9-21-15)11-22(19,20)14-7-5-4-6-13(14)16(3,17)18/h4-7,12H,8-11H2,1-3H3. The van der Waals surface area contributed by atoms with Gasteiger partial charge in [0.05, 0.1) is 16.2 Å². The first-order valence-electron chi connectivity index (χ1n) is 7.35. The van der Waals surface area contributed by atoms with E-state index in [1.54, 1.807) is 0 Å². The predicted molar refractivity (Wildman–Crippen MR) is 80.8 cm³/mol. The molecule has 0 aromatic heterocycles. The molecule has 3 nitrogen and oxygen atoms in total. The maximum absolute atomic E-state index is 13.7. The minimum absolute atomic E-state index is 0.0766. The molecule has 1 aromatic rings. The van der Waals surface area contributed by atoms with Crippen LogP contribution in [0.4, 0.5) is 8.78 Å². The van der Waals surface area contributed by atoms with E-state index in [1.807, 2.05) is 13.8 Å². The van der Waals surface area contributed by atoms with E-state index in [1.165, 1.54) is 24.3 Å². The summed E-state index contributed by atoms with van der Waals surface area (Å²) < 4.78 is 58.1. The van der Waals surface area contributed by atoms with Crippen LogP contribution in [0.25, 0.3) is 0 Å². The molecule has 0 N–H and O–H groups in total. The van der Waals surface area contributed by atoms with E-state index in [0.29, 0.717) is 19.4 Å². The highest BCUT2D eigenvalue weighted by Crippen LogP contribution is 2.35. The average Bonchev–Trinajstić information content (AvgIpc) is 2.36. The van der Waals surface area contributed by atoms with Crippen molar-refractivity contribution in [1.29, 1.82) is 0 Å². The van der Waals surface area contributed by atoms with E-state index in [9.17, 15) is 17.2 Å². The second kappa shape index (κ2) is 5.89. The van der Waals surface area contributed by atoms with Crippen molar-refractivity contribution < 1.29 is 21.9 Å². The lowest BCUT2D eigenvalue weighted by Gasteiger charge is -2.35. The zero-order valence-electron chi connectivity index (χ0n) is 13.1. The Morgan fingerprint density at radius 1 is 1.32 bits per heavy atom. The Bertz CT molecular complexity index is 633. The largest absolute Gasteiger partial charge is 0.376 e. The molecular weight excluding hydrogens is 310 g/mol. The molecule has 0 amide bonds. The fraction of sp³-hybridized carbons (Fsp3) is 0.625. The number of rotatable bonds is 4. The Morgan fingerprint density at radius 2 is 1.95 bits per heavy atom. The molecule has 0 spiro atoms. The van der Waals surface area contributed by atoms with Crippen molar-refractivity contribution in [3.63, 3.8) is 0 Å². The quantitative estimate of drug-likeness (QED) is 0.843. The van der Waals surface area contributed by atoms with Crippen LogP contribution >= 0.6 is 0 Å². The molecule has 22 heavy (non-hydrogen) atoms. The van der Waals surface area contributed by atoms with Crippen LogP contribution in [0.1, 0.15) is 39.2 Å². The lowest BCUT2D eigenvalue weighted by Crippen LogP contribution is -2.36. The maximum Gasteiger partial charge on any atom is 0.271 e. The lowest BCUT2D eigenvalue weighted by atomic mass is 9.90. The normalized spacial score (nSPS) is 22.5. The van der Waals surface area contributed by atoms with Crippen LogP contribution in [0.3, 0.4) is 0 Å². The zero-order chi connectivity index (χ0) is 16.6. The Morgan fingerprint density at radius 3 is 2.55 bits per heavy atom. The fourth-order valence-corrected chi connectivity index (χ4v) is 4.95. The molecule has 1 aliphatic rings. The SMILES string of the molecule is CC1(C)CC(CS(=O)(=O)c2ccccc2C(C)(F)F)CCO1. The van der Waals surface area contributed by atoms with E-state index in [2.05, 4.69) is 0 Å². The van der Waals surface area contributed by atoms with Crippen LogP contribution in [0.15, 0.2) is 29.2 Å². The van der Waals surface area contributed by atoms with Gasteiger partial charge in [-0.05, 0) is 38.7 Å². The molecule has 0 radical (unpaired) electrons. The second-order valence-corrected chi connectivity index (χ2v) is 8.64. The molecule has 0 aliphatic carbocycles. The number of hydrogen-bond donors (Lipinski definition) is 0. The molecule has 6 heteroatoms. The summed E-state index contributed by atoms with van der Waals surface area (Å²) in [5.74, 6) is -3.38. The van der Waals surface area contributed by atoms with Crippen LogP contribution in [0.2, 0.25) is 0 Å².